The number of nitrogens with one attached hydrogen (secondary N) is 1. The first-order chi connectivity index (χ1) is 8.97. The van der Waals surface area contributed by atoms with E-state index < -0.39 is 4.92 Å². The maximum Gasteiger partial charge on any atom is 0.332 e. The molecule has 1 N–H and O–H groups in total. The molecule has 0 saturated heterocycles. The lowest BCUT2D eigenvalue weighted by Crippen LogP contribution is -2.40. The molecular weight excluding hydrogens is 288 g/mol. The Morgan fingerprint density at radius 2 is 2.21 bits per heavy atom. The fourth-order valence-electron chi connectivity index (χ4n) is 2.14. The minimum atomic E-state index is -0.472. The monoisotopic (exact) mass is 302 g/mol. The molecule has 0 amide bonds. The molecule has 1 heterocycles. The highest BCUT2D eigenvalue weighted by Crippen LogP contribution is 2.43. The van der Waals surface area contributed by atoms with Crippen LogP contribution < -0.4 is 5.32 Å². The Hall–Kier alpha value is -1.08. The van der Waals surface area contributed by atoms with Crippen molar-refractivity contribution in [3.05, 3.63) is 21.1 Å². The molecule has 19 heavy (non-hydrogen) atoms. The SMILES string of the molecule is CSC1(CNc2nc(Cl)nc(C)c2[N+](=O)[O-])CCC1. The molecule has 1 aliphatic carbocycles. The third kappa shape index (κ3) is 2.92. The van der Waals surface area contributed by atoms with Crippen LogP contribution in [0.15, 0.2) is 0 Å². The zero-order valence-electron chi connectivity index (χ0n) is 10.8. The summed E-state index contributed by atoms with van der Waals surface area (Å²) >= 11 is 7.56. The van der Waals surface area contributed by atoms with Crippen LogP contribution in [0.5, 0.6) is 0 Å². The Bertz CT molecular complexity index is 502. The summed E-state index contributed by atoms with van der Waals surface area (Å²) in [5, 5.41) is 14.2. The molecule has 0 bridgehead atoms. The van der Waals surface area contributed by atoms with Crippen LogP contribution >= 0.6 is 23.4 Å². The van der Waals surface area contributed by atoms with Crippen molar-refractivity contribution in [2.24, 2.45) is 0 Å². The van der Waals surface area contributed by atoms with E-state index in [-0.39, 0.29) is 27.2 Å². The summed E-state index contributed by atoms with van der Waals surface area (Å²) in [7, 11) is 0. The van der Waals surface area contributed by atoms with Crippen molar-refractivity contribution in [1.82, 2.24) is 9.97 Å². The molecule has 1 fully saturated rings. The number of aryl methyl sites for hydroxylation is 1. The molecule has 0 aromatic carbocycles. The summed E-state index contributed by atoms with van der Waals surface area (Å²) in [6.07, 6.45) is 5.50. The summed E-state index contributed by atoms with van der Waals surface area (Å²) in [6.45, 7) is 2.21. The molecule has 0 unspecified atom stereocenters. The summed E-state index contributed by atoms with van der Waals surface area (Å²) < 4.78 is 0.166. The normalized spacial score (nSPS) is 16.8. The Labute approximate surface area is 120 Å². The standard InChI is InChI=1S/C11H15ClN4O2S/c1-7-8(16(17)18)9(15-10(12)14-7)13-6-11(19-2)4-3-5-11/h3-6H2,1-2H3,(H,13,14,15). The molecule has 1 saturated carbocycles. The largest absolute Gasteiger partial charge is 0.363 e. The number of nitro groups is 1. The number of aromatic nitrogens is 2. The Balaban J connectivity index is 2.21. The van der Waals surface area contributed by atoms with Crippen LogP contribution in [0.1, 0.15) is 25.0 Å². The molecule has 0 radical (unpaired) electrons. The van der Waals surface area contributed by atoms with Gasteiger partial charge in [-0.05, 0) is 37.6 Å². The van der Waals surface area contributed by atoms with Gasteiger partial charge in [0.2, 0.25) is 11.1 Å². The number of rotatable bonds is 5. The maximum absolute atomic E-state index is 11.1. The van der Waals surface area contributed by atoms with Crippen molar-refractivity contribution in [2.45, 2.75) is 30.9 Å². The van der Waals surface area contributed by atoms with Crippen molar-refractivity contribution in [3.8, 4) is 0 Å². The van der Waals surface area contributed by atoms with Gasteiger partial charge in [-0.15, -0.1) is 0 Å². The second-order valence-electron chi connectivity index (χ2n) is 4.63. The average Bonchev–Trinajstić information content (AvgIpc) is 2.26. The van der Waals surface area contributed by atoms with Crippen LogP contribution in [-0.2, 0) is 0 Å². The fourth-order valence-corrected chi connectivity index (χ4v) is 3.27. The van der Waals surface area contributed by atoms with Crippen molar-refractivity contribution in [2.75, 3.05) is 18.1 Å². The smallest absolute Gasteiger partial charge is 0.332 e. The van der Waals surface area contributed by atoms with Crippen LogP contribution in [0.3, 0.4) is 0 Å². The summed E-state index contributed by atoms with van der Waals surface area (Å²) in [5.74, 6) is 0.211. The third-order valence-corrected chi connectivity index (χ3v) is 5.08. The minimum Gasteiger partial charge on any atom is -0.363 e. The first-order valence-electron chi connectivity index (χ1n) is 5.95. The van der Waals surface area contributed by atoms with E-state index in [4.69, 9.17) is 11.6 Å². The second kappa shape index (κ2) is 5.50. The number of hydrogen-bond acceptors (Lipinski definition) is 6. The van der Waals surface area contributed by atoms with Crippen molar-refractivity contribution >= 4 is 34.9 Å². The lowest BCUT2D eigenvalue weighted by atomic mass is 9.84. The van der Waals surface area contributed by atoms with E-state index in [9.17, 15) is 10.1 Å². The second-order valence-corrected chi connectivity index (χ2v) is 6.24. The number of halogens is 1. The van der Waals surface area contributed by atoms with E-state index in [0.29, 0.717) is 6.54 Å². The highest BCUT2D eigenvalue weighted by Gasteiger charge is 2.36. The van der Waals surface area contributed by atoms with Crippen LogP contribution in [0.2, 0.25) is 5.28 Å². The minimum absolute atomic E-state index is 0.0254. The zero-order chi connectivity index (χ0) is 14.0. The molecule has 1 aliphatic rings. The van der Waals surface area contributed by atoms with Crippen LogP contribution in [0.4, 0.5) is 11.5 Å². The zero-order valence-corrected chi connectivity index (χ0v) is 12.3. The first-order valence-corrected chi connectivity index (χ1v) is 7.55. The third-order valence-electron chi connectivity index (χ3n) is 3.49. The van der Waals surface area contributed by atoms with Gasteiger partial charge < -0.3 is 5.32 Å². The van der Waals surface area contributed by atoms with Crippen molar-refractivity contribution in [1.29, 1.82) is 0 Å². The predicted octanol–water partition coefficient (Wildman–Crippen LogP) is 3.04. The molecule has 104 valence electrons. The molecule has 0 spiro atoms. The van der Waals surface area contributed by atoms with Gasteiger partial charge in [0.05, 0.1) is 4.92 Å². The van der Waals surface area contributed by atoms with Crippen LogP contribution in [0.25, 0.3) is 0 Å². The van der Waals surface area contributed by atoms with Gasteiger partial charge >= 0.3 is 5.69 Å². The Morgan fingerprint density at radius 3 is 2.68 bits per heavy atom. The van der Waals surface area contributed by atoms with E-state index >= 15 is 0 Å². The van der Waals surface area contributed by atoms with Crippen LogP contribution in [0, 0.1) is 17.0 Å². The topological polar surface area (TPSA) is 81.0 Å². The maximum atomic E-state index is 11.1. The predicted molar refractivity (Wildman–Crippen MR) is 77.0 cm³/mol. The van der Waals surface area contributed by atoms with Gasteiger partial charge in [-0.1, -0.05) is 6.42 Å². The van der Waals surface area contributed by atoms with Gasteiger partial charge in [-0.25, -0.2) is 4.98 Å². The van der Waals surface area contributed by atoms with Crippen molar-refractivity contribution in [3.63, 3.8) is 0 Å². The lowest BCUT2D eigenvalue weighted by molar-refractivity contribution is -0.385. The highest BCUT2D eigenvalue weighted by atomic mass is 35.5. The summed E-state index contributed by atoms with van der Waals surface area (Å²) in [5.41, 5.74) is 0.180. The van der Waals surface area contributed by atoms with Gasteiger partial charge in [0, 0.05) is 11.3 Å². The van der Waals surface area contributed by atoms with Gasteiger partial charge in [-0.3, -0.25) is 10.1 Å². The number of thioether (sulfide) groups is 1. The molecular formula is C11H15ClN4O2S. The summed E-state index contributed by atoms with van der Waals surface area (Å²) in [4.78, 5) is 18.4. The molecule has 8 heteroatoms. The quantitative estimate of drug-likeness (QED) is 0.511. The van der Waals surface area contributed by atoms with Crippen molar-refractivity contribution < 1.29 is 4.92 Å². The van der Waals surface area contributed by atoms with Gasteiger partial charge in [0.25, 0.3) is 0 Å². The molecule has 1 aromatic heterocycles. The summed E-state index contributed by atoms with van der Waals surface area (Å²) in [6, 6.07) is 0. The van der Waals surface area contributed by atoms with Gasteiger partial charge in [-0.2, -0.15) is 16.7 Å². The van der Waals surface area contributed by atoms with Crippen LogP contribution in [-0.4, -0.2) is 32.4 Å². The Kier molecular flexibility index (Phi) is 4.15. The molecule has 1 aromatic rings. The number of hydrogen-bond donors (Lipinski definition) is 1. The van der Waals surface area contributed by atoms with E-state index in [1.807, 2.05) is 0 Å². The first kappa shape index (κ1) is 14.3. The fraction of sp³-hybridized carbons (Fsp3) is 0.636. The average molecular weight is 303 g/mol. The molecule has 2 rings (SSSR count). The van der Waals surface area contributed by atoms with Gasteiger partial charge in [0.1, 0.15) is 5.69 Å². The number of anilines is 1. The lowest BCUT2D eigenvalue weighted by Gasteiger charge is -2.40. The highest BCUT2D eigenvalue weighted by molar-refractivity contribution is 8.00. The van der Waals surface area contributed by atoms with Gasteiger partial charge in [0.15, 0.2) is 0 Å². The molecule has 6 nitrogen and oxygen atoms in total. The van der Waals surface area contributed by atoms with E-state index in [1.165, 1.54) is 6.42 Å². The van der Waals surface area contributed by atoms with E-state index in [0.717, 1.165) is 12.8 Å². The molecule has 0 atom stereocenters. The Morgan fingerprint density at radius 1 is 1.53 bits per heavy atom. The molecule has 0 aliphatic heterocycles. The van der Waals surface area contributed by atoms with E-state index in [2.05, 4.69) is 21.5 Å². The number of nitrogens with zero attached hydrogens (tertiary/aromatic N) is 3. The van der Waals surface area contributed by atoms with E-state index in [1.54, 1.807) is 18.7 Å².